The minimum Gasteiger partial charge on any atom is -0.497 e. The third-order valence-corrected chi connectivity index (χ3v) is 8.53. The molecule has 0 heterocycles. The predicted molar refractivity (Wildman–Crippen MR) is 158 cm³/mol. The highest BCUT2D eigenvalue weighted by molar-refractivity contribution is 7.92. The van der Waals surface area contributed by atoms with Crippen LogP contribution in [0.15, 0.2) is 77.7 Å². The summed E-state index contributed by atoms with van der Waals surface area (Å²) in [5, 5.41) is 2.90. The molecule has 1 N–H and O–H groups in total. The molecule has 3 rings (SSSR count). The number of unbranched alkanes of at least 4 members (excludes halogenated alkanes) is 1. The van der Waals surface area contributed by atoms with Gasteiger partial charge in [-0.15, -0.1) is 0 Å². The van der Waals surface area contributed by atoms with Gasteiger partial charge in [0, 0.05) is 13.1 Å². The van der Waals surface area contributed by atoms with Gasteiger partial charge in [0.05, 0.1) is 17.7 Å². The highest BCUT2D eigenvalue weighted by Gasteiger charge is 2.33. The molecule has 1 unspecified atom stereocenters. The quantitative estimate of drug-likeness (QED) is 0.299. The topological polar surface area (TPSA) is 96.0 Å². The first kappa shape index (κ1) is 30.7. The number of amides is 2. The van der Waals surface area contributed by atoms with Crippen LogP contribution in [0.1, 0.15) is 43.4 Å². The number of hydrogen-bond acceptors (Lipinski definition) is 5. The summed E-state index contributed by atoms with van der Waals surface area (Å²) >= 11 is 0. The van der Waals surface area contributed by atoms with Gasteiger partial charge < -0.3 is 15.0 Å². The Balaban J connectivity index is 2.02. The van der Waals surface area contributed by atoms with Crippen LogP contribution in [-0.4, -0.2) is 51.4 Å². The van der Waals surface area contributed by atoms with Crippen LogP contribution in [0, 0.1) is 13.8 Å². The molecule has 2 amide bonds. The van der Waals surface area contributed by atoms with E-state index in [-0.39, 0.29) is 17.3 Å². The third kappa shape index (κ3) is 7.63. The number of nitrogens with zero attached hydrogens (tertiary/aromatic N) is 2. The van der Waals surface area contributed by atoms with Crippen molar-refractivity contribution in [3.05, 3.63) is 89.5 Å². The second-order valence-corrected chi connectivity index (χ2v) is 11.7. The molecule has 9 heteroatoms. The molecule has 3 aromatic carbocycles. The van der Waals surface area contributed by atoms with Gasteiger partial charge >= 0.3 is 0 Å². The van der Waals surface area contributed by atoms with Gasteiger partial charge in [0.2, 0.25) is 11.8 Å². The van der Waals surface area contributed by atoms with Gasteiger partial charge in [-0.1, -0.05) is 55.8 Å². The molecule has 0 aliphatic heterocycles. The van der Waals surface area contributed by atoms with Crippen LogP contribution in [0.3, 0.4) is 0 Å². The predicted octanol–water partition coefficient (Wildman–Crippen LogP) is 4.84. The summed E-state index contributed by atoms with van der Waals surface area (Å²) in [7, 11) is -2.53. The molecule has 40 heavy (non-hydrogen) atoms. The molecule has 3 aromatic rings. The largest absolute Gasteiger partial charge is 0.497 e. The van der Waals surface area contributed by atoms with Gasteiger partial charge in [-0.25, -0.2) is 8.42 Å². The van der Waals surface area contributed by atoms with Gasteiger partial charge in [0.15, 0.2) is 0 Å². The molecule has 0 saturated heterocycles. The van der Waals surface area contributed by atoms with Gasteiger partial charge in [-0.3, -0.25) is 13.9 Å². The average molecular weight is 566 g/mol. The summed E-state index contributed by atoms with van der Waals surface area (Å²) in [4.78, 5) is 28.6. The second-order valence-electron chi connectivity index (χ2n) is 9.80. The minimum absolute atomic E-state index is 0.0794. The molecule has 0 bridgehead atoms. The second kappa shape index (κ2) is 14.0. The number of aryl methyl sites for hydroxylation is 2. The minimum atomic E-state index is -4.10. The standard InChI is InChI=1S/C31H39N3O5S/c1-6-7-19-32-31(36)25(4)33(21-26-15-17-27(39-5)18-16-26)30(35)22-34(29-20-23(2)13-14-24(29)3)40(37,38)28-11-9-8-10-12-28/h8-18,20,25H,6-7,19,21-22H2,1-5H3,(H,32,36). The van der Waals surface area contributed by atoms with Crippen LogP contribution in [-0.2, 0) is 26.2 Å². The molecule has 0 saturated carbocycles. The zero-order valence-electron chi connectivity index (χ0n) is 23.9. The fraction of sp³-hybridized carbons (Fsp3) is 0.355. The summed E-state index contributed by atoms with van der Waals surface area (Å²) in [6.07, 6.45) is 1.74. The van der Waals surface area contributed by atoms with Crippen LogP contribution in [0.5, 0.6) is 5.75 Å². The monoisotopic (exact) mass is 565 g/mol. The molecule has 1 atom stereocenters. The van der Waals surface area contributed by atoms with Crippen molar-refractivity contribution in [1.82, 2.24) is 10.2 Å². The first-order valence-electron chi connectivity index (χ1n) is 13.4. The normalized spacial score (nSPS) is 11.9. The number of carbonyl (C=O) groups excluding carboxylic acids is 2. The number of rotatable bonds is 13. The summed E-state index contributed by atoms with van der Waals surface area (Å²) in [6.45, 7) is 7.53. The maximum atomic E-state index is 14.0. The average Bonchev–Trinajstić information content (AvgIpc) is 2.96. The Morgan fingerprint density at radius 3 is 2.27 bits per heavy atom. The summed E-state index contributed by atoms with van der Waals surface area (Å²) < 4.78 is 34.2. The number of methoxy groups -OCH3 is 1. The van der Waals surface area contributed by atoms with Gasteiger partial charge in [-0.2, -0.15) is 0 Å². The Hall–Kier alpha value is -3.85. The zero-order chi connectivity index (χ0) is 29.3. The molecule has 0 fully saturated rings. The number of anilines is 1. The van der Waals surface area contributed by atoms with Gasteiger partial charge in [0.25, 0.3) is 10.0 Å². The molecule has 0 radical (unpaired) electrons. The maximum Gasteiger partial charge on any atom is 0.264 e. The lowest BCUT2D eigenvalue weighted by Crippen LogP contribution is -2.51. The molecular weight excluding hydrogens is 526 g/mol. The Labute approximate surface area is 238 Å². The van der Waals surface area contributed by atoms with Crippen molar-refractivity contribution in [3.63, 3.8) is 0 Å². The number of sulfonamides is 1. The van der Waals surface area contributed by atoms with E-state index in [9.17, 15) is 18.0 Å². The van der Waals surface area contributed by atoms with Crippen molar-refractivity contribution in [2.45, 2.75) is 58.0 Å². The number of carbonyl (C=O) groups is 2. The fourth-order valence-corrected chi connectivity index (χ4v) is 5.76. The van der Waals surface area contributed by atoms with Gasteiger partial charge in [-0.05, 0) is 74.2 Å². The van der Waals surface area contributed by atoms with Crippen LogP contribution in [0.25, 0.3) is 0 Å². The van der Waals surface area contributed by atoms with E-state index in [2.05, 4.69) is 5.32 Å². The van der Waals surface area contributed by atoms with E-state index >= 15 is 0 Å². The van der Waals surface area contributed by atoms with E-state index in [0.29, 0.717) is 23.5 Å². The molecule has 8 nitrogen and oxygen atoms in total. The van der Waals surface area contributed by atoms with Crippen LogP contribution < -0.4 is 14.4 Å². The molecular formula is C31H39N3O5S. The molecule has 0 aliphatic carbocycles. The first-order valence-corrected chi connectivity index (χ1v) is 14.9. The van der Waals surface area contributed by atoms with Crippen molar-refractivity contribution < 1.29 is 22.7 Å². The van der Waals surface area contributed by atoms with E-state index < -0.39 is 28.5 Å². The first-order chi connectivity index (χ1) is 19.1. The third-order valence-electron chi connectivity index (χ3n) is 6.75. The van der Waals surface area contributed by atoms with E-state index in [1.807, 2.05) is 45.0 Å². The van der Waals surface area contributed by atoms with Crippen molar-refractivity contribution in [1.29, 1.82) is 0 Å². The highest BCUT2D eigenvalue weighted by atomic mass is 32.2. The number of ether oxygens (including phenoxy) is 1. The summed E-state index contributed by atoms with van der Waals surface area (Å²) in [6, 6.07) is 19.9. The number of benzene rings is 3. The van der Waals surface area contributed by atoms with Crippen LogP contribution in [0.2, 0.25) is 0 Å². The number of nitrogens with one attached hydrogen (secondary N) is 1. The Morgan fingerprint density at radius 1 is 0.975 bits per heavy atom. The Morgan fingerprint density at radius 2 is 1.65 bits per heavy atom. The smallest absolute Gasteiger partial charge is 0.264 e. The van der Waals surface area contributed by atoms with Crippen molar-refractivity contribution in [3.8, 4) is 5.75 Å². The lowest BCUT2D eigenvalue weighted by atomic mass is 10.1. The van der Waals surface area contributed by atoms with Crippen LogP contribution in [0.4, 0.5) is 5.69 Å². The summed E-state index contributed by atoms with van der Waals surface area (Å²) in [5.41, 5.74) is 2.78. The maximum absolute atomic E-state index is 14.0. The number of hydrogen-bond donors (Lipinski definition) is 1. The zero-order valence-corrected chi connectivity index (χ0v) is 24.7. The fourth-order valence-electron chi connectivity index (χ4n) is 4.27. The van der Waals surface area contributed by atoms with Crippen LogP contribution >= 0.6 is 0 Å². The molecule has 0 aliphatic rings. The SMILES string of the molecule is CCCCNC(=O)C(C)N(Cc1ccc(OC)cc1)C(=O)CN(c1cc(C)ccc1C)S(=O)(=O)c1ccccc1. The molecule has 0 spiro atoms. The van der Waals surface area contributed by atoms with E-state index in [1.165, 1.54) is 17.0 Å². The van der Waals surface area contributed by atoms with E-state index in [4.69, 9.17) is 4.74 Å². The Kier molecular flexibility index (Phi) is 10.7. The molecule has 214 valence electrons. The van der Waals surface area contributed by atoms with Crippen molar-refractivity contribution in [2.24, 2.45) is 0 Å². The van der Waals surface area contributed by atoms with Crippen molar-refractivity contribution >= 4 is 27.5 Å². The molecule has 0 aromatic heterocycles. The van der Waals surface area contributed by atoms with E-state index in [0.717, 1.165) is 28.3 Å². The lowest BCUT2D eigenvalue weighted by Gasteiger charge is -2.32. The summed E-state index contributed by atoms with van der Waals surface area (Å²) in [5.74, 6) is -0.115. The Bertz CT molecular complexity index is 1390. The lowest BCUT2D eigenvalue weighted by molar-refractivity contribution is -0.139. The van der Waals surface area contributed by atoms with Gasteiger partial charge in [0.1, 0.15) is 18.3 Å². The van der Waals surface area contributed by atoms with Crippen molar-refractivity contribution in [2.75, 3.05) is 24.5 Å². The van der Waals surface area contributed by atoms with E-state index in [1.54, 1.807) is 50.4 Å². The highest BCUT2D eigenvalue weighted by Crippen LogP contribution is 2.28.